The molecular weight excluding hydrogens is 747 g/mol. The van der Waals surface area contributed by atoms with Crippen LogP contribution in [-0.2, 0) is 7.05 Å². The lowest BCUT2D eigenvalue weighted by Gasteiger charge is -2.14. The Hall–Kier alpha value is -8.02. The molecular formula is C56H39N3O2. The van der Waals surface area contributed by atoms with Crippen LogP contribution in [0.25, 0.3) is 111 Å². The molecule has 7 aromatic carbocycles. The molecule has 0 saturated heterocycles. The first-order chi connectivity index (χ1) is 29.9. The highest BCUT2D eigenvalue weighted by Gasteiger charge is 2.20. The Balaban J connectivity index is 1.01. The smallest absolute Gasteiger partial charge is 0.136 e. The average Bonchev–Trinajstić information content (AvgIpc) is 3.83. The van der Waals surface area contributed by atoms with Crippen LogP contribution < -0.4 is 0 Å². The molecule has 11 aromatic rings. The molecule has 5 nitrogen and oxygen atoms in total. The molecule has 0 saturated carbocycles. The van der Waals surface area contributed by atoms with Crippen LogP contribution >= 0.6 is 0 Å². The van der Waals surface area contributed by atoms with Gasteiger partial charge in [0.2, 0.25) is 0 Å². The van der Waals surface area contributed by atoms with E-state index in [0.29, 0.717) is 11.3 Å². The molecule has 0 aliphatic carbocycles. The lowest BCUT2D eigenvalue weighted by molar-refractivity contribution is 0.477. The minimum Gasteiger partial charge on any atom is -0.507 e. The summed E-state index contributed by atoms with van der Waals surface area (Å²) >= 11 is 0. The van der Waals surface area contributed by atoms with Gasteiger partial charge in [0.25, 0.3) is 0 Å². The third-order valence-electron chi connectivity index (χ3n) is 11.8. The molecule has 290 valence electrons. The van der Waals surface area contributed by atoms with E-state index in [0.717, 1.165) is 94.9 Å². The van der Waals surface area contributed by atoms with Crippen molar-refractivity contribution >= 4 is 32.7 Å². The van der Waals surface area contributed by atoms with Crippen LogP contribution in [0.2, 0.25) is 0 Å². The fourth-order valence-corrected chi connectivity index (χ4v) is 8.90. The van der Waals surface area contributed by atoms with E-state index < -0.39 is 0 Å². The lowest BCUT2D eigenvalue weighted by atomic mass is 9.97. The predicted octanol–water partition coefficient (Wildman–Crippen LogP) is 14.6. The van der Waals surface area contributed by atoms with E-state index in [4.69, 9.17) is 14.4 Å². The van der Waals surface area contributed by atoms with Gasteiger partial charge < -0.3 is 14.1 Å². The largest absolute Gasteiger partial charge is 0.507 e. The Kier molecular flexibility index (Phi) is 8.68. The van der Waals surface area contributed by atoms with E-state index in [1.165, 1.54) is 10.8 Å². The van der Waals surface area contributed by atoms with Gasteiger partial charge in [-0.25, -0.2) is 4.98 Å². The van der Waals surface area contributed by atoms with Crippen LogP contribution in [0.15, 0.2) is 199 Å². The molecule has 0 atom stereocenters. The molecule has 5 heteroatoms. The van der Waals surface area contributed by atoms with E-state index in [9.17, 15) is 5.11 Å². The van der Waals surface area contributed by atoms with Crippen molar-refractivity contribution in [2.45, 2.75) is 6.92 Å². The second kappa shape index (κ2) is 14.7. The van der Waals surface area contributed by atoms with Crippen LogP contribution in [0.4, 0.5) is 0 Å². The highest BCUT2D eigenvalue weighted by Crippen LogP contribution is 2.42. The van der Waals surface area contributed by atoms with Gasteiger partial charge in [-0.3, -0.25) is 4.98 Å². The van der Waals surface area contributed by atoms with E-state index >= 15 is 0 Å². The topological polar surface area (TPSA) is 64.1 Å². The summed E-state index contributed by atoms with van der Waals surface area (Å²) in [5, 5.41) is 16.0. The van der Waals surface area contributed by atoms with Crippen molar-refractivity contribution in [1.29, 1.82) is 0 Å². The predicted molar refractivity (Wildman–Crippen MR) is 250 cm³/mol. The zero-order valence-corrected chi connectivity index (χ0v) is 33.7. The number of aromatic hydroxyl groups is 1. The molecule has 4 heterocycles. The van der Waals surface area contributed by atoms with Crippen LogP contribution in [0.5, 0.6) is 5.75 Å². The minimum atomic E-state index is 0.182. The maximum atomic E-state index is 11.4. The Labute approximate surface area is 353 Å². The average molecular weight is 786 g/mol. The molecule has 0 amide bonds. The molecule has 0 fully saturated rings. The van der Waals surface area contributed by atoms with Gasteiger partial charge in [-0.1, -0.05) is 133 Å². The summed E-state index contributed by atoms with van der Waals surface area (Å²) in [6, 6.07) is 66.6. The molecule has 0 radical (unpaired) electrons. The summed E-state index contributed by atoms with van der Waals surface area (Å²) in [6.07, 6.45) is 0. The first kappa shape index (κ1) is 36.1. The quantitative estimate of drug-likeness (QED) is 0.175. The SMILES string of the molecule is Cc1cc(-c2c3ccccc3c(-c3ccc4c(c3)oc3ccccc34)n2C)cc(-c2cccc(-c3cc(-c4ccccc4)cc(-c4ccc(-c5ccccc5)cc4O)n3)c2)n1. The molecule has 0 aliphatic heterocycles. The van der Waals surface area contributed by atoms with Gasteiger partial charge in [0, 0.05) is 62.1 Å². The summed E-state index contributed by atoms with van der Waals surface area (Å²) in [7, 11) is 2.15. The van der Waals surface area contributed by atoms with E-state index in [-0.39, 0.29) is 5.75 Å². The molecule has 11 rings (SSSR count). The van der Waals surface area contributed by atoms with Crippen molar-refractivity contribution in [1.82, 2.24) is 14.5 Å². The number of hydrogen-bond acceptors (Lipinski definition) is 4. The van der Waals surface area contributed by atoms with Crippen molar-refractivity contribution in [3.63, 3.8) is 0 Å². The number of pyridine rings is 2. The zero-order chi connectivity index (χ0) is 41.0. The number of para-hydroxylation sites is 1. The Bertz CT molecular complexity index is 3450. The number of rotatable bonds is 7. The van der Waals surface area contributed by atoms with Crippen molar-refractivity contribution in [2.24, 2.45) is 7.05 Å². The molecule has 1 N–H and O–H groups in total. The van der Waals surface area contributed by atoms with E-state index in [2.05, 4.69) is 134 Å². The molecule has 0 aliphatic rings. The van der Waals surface area contributed by atoms with Crippen LogP contribution in [0, 0.1) is 6.92 Å². The van der Waals surface area contributed by atoms with Crippen LogP contribution in [-0.4, -0.2) is 19.6 Å². The summed E-state index contributed by atoms with van der Waals surface area (Å²) < 4.78 is 8.64. The van der Waals surface area contributed by atoms with Gasteiger partial charge in [0.05, 0.1) is 28.5 Å². The van der Waals surface area contributed by atoms with Gasteiger partial charge in [0.15, 0.2) is 0 Å². The number of nitrogens with zero attached hydrogens (tertiary/aromatic N) is 3. The molecule has 4 aromatic heterocycles. The number of benzene rings is 7. The second-order valence-corrected chi connectivity index (χ2v) is 15.7. The van der Waals surface area contributed by atoms with Gasteiger partial charge in [-0.05, 0) is 89.8 Å². The Morgan fingerprint density at radius 2 is 0.951 bits per heavy atom. The van der Waals surface area contributed by atoms with Gasteiger partial charge >= 0.3 is 0 Å². The standard InChI is InChI=1S/C56H39N3O2/c1-35-28-43(56-47-22-10-9-21-46(47)55(59(56)2)41-25-26-45-44-20-11-12-23-53(44)61-54(45)34-41)32-49(57-35)39-18-13-19-40(29-39)50-30-42(37-16-7-4-8-17-37)31-51(58-50)48-27-24-38(33-52(48)60)36-14-5-3-6-15-36/h3-34,60H,1-2H3. The highest BCUT2D eigenvalue weighted by molar-refractivity contribution is 6.09. The van der Waals surface area contributed by atoms with Crippen LogP contribution in [0.1, 0.15) is 5.69 Å². The Morgan fingerprint density at radius 3 is 1.67 bits per heavy atom. The van der Waals surface area contributed by atoms with E-state index in [1.54, 1.807) is 0 Å². The van der Waals surface area contributed by atoms with Crippen molar-refractivity contribution in [3.05, 3.63) is 200 Å². The lowest BCUT2D eigenvalue weighted by Crippen LogP contribution is -1.97. The normalized spacial score (nSPS) is 11.5. The summed E-state index contributed by atoms with van der Waals surface area (Å²) in [4.78, 5) is 10.3. The number of phenols is 1. The fourth-order valence-electron chi connectivity index (χ4n) is 8.90. The number of aryl methyl sites for hydroxylation is 1. The van der Waals surface area contributed by atoms with Crippen molar-refractivity contribution in [3.8, 4) is 84.3 Å². The number of hydrogen-bond donors (Lipinski definition) is 1. The second-order valence-electron chi connectivity index (χ2n) is 15.7. The first-order valence-electron chi connectivity index (χ1n) is 20.5. The van der Waals surface area contributed by atoms with Gasteiger partial charge in [-0.2, -0.15) is 0 Å². The van der Waals surface area contributed by atoms with Crippen LogP contribution in [0.3, 0.4) is 0 Å². The summed E-state index contributed by atoms with van der Waals surface area (Å²) in [5.41, 5.74) is 16.2. The molecule has 0 bridgehead atoms. The number of fused-ring (bicyclic) bond motifs is 4. The molecule has 61 heavy (non-hydrogen) atoms. The maximum absolute atomic E-state index is 11.4. The third-order valence-corrected chi connectivity index (χ3v) is 11.8. The van der Waals surface area contributed by atoms with E-state index in [1.807, 2.05) is 78.9 Å². The van der Waals surface area contributed by atoms with Gasteiger partial charge in [-0.15, -0.1) is 0 Å². The number of phenolic OH excluding ortho intramolecular Hbond substituents is 1. The Morgan fingerprint density at radius 1 is 0.393 bits per heavy atom. The number of furan rings is 1. The first-order valence-corrected chi connectivity index (χ1v) is 20.5. The summed E-state index contributed by atoms with van der Waals surface area (Å²) in [5.74, 6) is 0.182. The summed E-state index contributed by atoms with van der Waals surface area (Å²) in [6.45, 7) is 2.06. The maximum Gasteiger partial charge on any atom is 0.136 e. The van der Waals surface area contributed by atoms with Crippen molar-refractivity contribution < 1.29 is 9.52 Å². The van der Waals surface area contributed by atoms with Gasteiger partial charge in [0.1, 0.15) is 16.9 Å². The number of aromatic nitrogens is 3. The van der Waals surface area contributed by atoms with Crippen molar-refractivity contribution in [2.75, 3.05) is 0 Å². The fraction of sp³-hybridized carbons (Fsp3) is 0.0357. The highest BCUT2D eigenvalue weighted by atomic mass is 16.3. The monoisotopic (exact) mass is 785 g/mol. The third kappa shape index (κ3) is 6.44. The molecule has 0 unspecified atom stereocenters. The minimum absolute atomic E-state index is 0.182. The zero-order valence-electron chi connectivity index (χ0n) is 33.7. The molecule has 0 spiro atoms.